The largest absolute Gasteiger partial charge is 0.451 e. The van der Waals surface area contributed by atoms with Crippen LogP contribution in [0.15, 0.2) is 45.7 Å². The summed E-state index contributed by atoms with van der Waals surface area (Å²) in [5, 5.41) is 3.71. The highest BCUT2D eigenvalue weighted by molar-refractivity contribution is 7.89. The maximum Gasteiger partial charge on any atom is 0.291 e. The number of ether oxygens (including phenoxy) is 1. The molecule has 8 heteroatoms. The number of hydrogen-bond acceptors (Lipinski definition) is 5. The Morgan fingerprint density at radius 2 is 1.59 bits per heavy atom. The third-order valence-corrected chi connectivity index (χ3v) is 7.74. The average molecular weight is 457 g/mol. The van der Waals surface area contributed by atoms with Crippen LogP contribution >= 0.6 is 0 Å². The molecule has 7 nitrogen and oxygen atoms in total. The van der Waals surface area contributed by atoms with E-state index in [1.165, 1.54) is 16.4 Å². The molecule has 1 N–H and O–H groups in total. The number of carbonyl (C=O) groups is 1. The number of benzene rings is 2. The molecule has 0 unspecified atom stereocenters. The summed E-state index contributed by atoms with van der Waals surface area (Å²) in [6, 6.07) is 10.1. The number of hydrogen-bond donors (Lipinski definition) is 1. The molecule has 1 fully saturated rings. The van der Waals surface area contributed by atoms with Crippen molar-refractivity contribution in [3.63, 3.8) is 0 Å². The van der Waals surface area contributed by atoms with Crippen molar-refractivity contribution in [1.82, 2.24) is 4.31 Å². The molecule has 2 aromatic carbocycles. The molecule has 0 aliphatic carbocycles. The summed E-state index contributed by atoms with van der Waals surface area (Å²) in [6.07, 6.45) is -0.321. The zero-order valence-electron chi connectivity index (χ0n) is 18.9. The summed E-state index contributed by atoms with van der Waals surface area (Å²) in [7, 11) is -3.64. The van der Waals surface area contributed by atoms with Gasteiger partial charge in [0.25, 0.3) is 5.91 Å². The van der Waals surface area contributed by atoms with Crippen LogP contribution in [0.1, 0.15) is 41.1 Å². The van der Waals surface area contributed by atoms with Gasteiger partial charge in [0.15, 0.2) is 5.76 Å². The van der Waals surface area contributed by atoms with Crippen molar-refractivity contribution in [3.05, 3.63) is 58.8 Å². The minimum atomic E-state index is -3.64. The van der Waals surface area contributed by atoms with Crippen molar-refractivity contribution in [2.45, 2.75) is 51.7 Å². The first kappa shape index (κ1) is 22.5. The third-order valence-electron chi connectivity index (χ3n) is 5.89. The molecular formula is C24H28N2O5S. The van der Waals surface area contributed by atoms with Gasteiger partial charge in [-0.1, -0.05) is 0 Å². The highest BCUT2D eigenvalue weighted by atomic mass is 32.2. The van der Waals surface area contributed by atoms with Gasteiger partial charge in [-0.3, -0.25) is 4.79 Å². The van der Waals surface area contributed by atoms with Crippen molar-refractivity contribution < 1.29 is 22.4 Å². The molecular weight excluding hydrogens is 428 g/mol. The minimum absolute atomic E-state index is 0.160. The Labute approximate surface area is 188 Å². The lowest BCUT2D eigenvalue weighted by Gasteiger charge is -2.34. The number of nitrogens with zero attached hydrogens (tertiary/aromatic N) is 1. The monoisotopic (exact) mass is 456 g/mol. The predicted octanol–water partition coefficient (Wildman–Crippen LogP) is 4.41. The second-order valence-electron chi connectivity index (χ2n) is 8.55. The summed E-state index contributed by atoms with van der Waals surface area (Å²) in [6.45, 7) is 10.2. The summed E-state index contributed by atoms with van der Waals surface area (Å²) in [5.74, 6) is -0.126. The van der Waals surface area contributed by atoms with E-state index in [9.17, 15) is 13.2 Å². The molecule has 1 aromatic heterocycles. The van der Waals surface area contributed by atoms with Gasteiger partial charge in [-0.15, -0.1) is 0 Å². The SMILES string of the molecule is Cc1cc2oc(C(=O)Nc3ccc(S(=O)(=O)N4C[C@H](C)O[C@@H](C)C4)cc3)c(C)c2cc1C. The number of aryl methyl sites for hydroxylation is 3. The molecule has 1 amide bonds. The molecule has 32 heavy (non-hydrogen) atoms. The van der Waals surface area contributed by atoms with E-state index in [1.54, 1.807) is 12.1 Å². The normalized spacial score (nSPS) is 19.9. The average Bonchev–Trinajstić information content (AvgIpc) is 3.04. The number of anilines is 1. The van der Waals surface area contributed by atoms with Crippen molar-refractivity contribution in [1.29, 1.82) is 0 Å². The van der Waals surface area contributed by atoms with E-state index in [0.717, 1.165) is 22.1 Å². The fourth-order valence-electron chi connectivity index (χ4n) is 4.07. The van der Waals surface area contributed by atoms with Gasteiger partial charge in [0, 0.05) is 29.7 Å². The molecule has 3 aromatic rings. The van der Waals surface area contributed by atoms with Crippen LogP contribution in [0, 0.1) is 20.8 Å². The molecule has 0 bridgehead atoms. The van der Waals surface area contributed by atoms with E-state index in [4.69, 9.17) is 9.15 Å². The Hall–Kier alpha value is -2.68. The number of carbonyl (C=O) groups excluding carboxylic acids is 1. The second kappa shape index (κ2) is 8.35. The quantitative estimate of drug-likeness (QED) is 0.628. The van der Waals surface area contributed by atoms with Crippen LogP contribution in [0.5, 0.6) is 0 Å². The van der Waals surface area contributed by atoms with Gasteiger partial charge < -0.3 is 14.5 Å². The molecule has 2 atom stereocenters. The Kier molecular flexibility index (Phi) is 5.87. The third kappa shape index (κ3) is 4.18. The lowest BCUT2D eigenvalue weighted by atomic mass is 10.1. The molecule has 0 spiro atoms. The molecule has 1 aliphatic heterocycles. The number of nitrogens with one attached hydrogen (secondary N) is 1. The Morgan fingerprint density at radius 1 is 1.00 bits per heavy atom. The topological polar surface area (TPSA) is 88.8 Å². The molecule has 170 valence electrons. The molecule has 1 aliphatic rings. The highest BCUT2D eigenvalue weighted by Gasteiger charge is 2.32. The molecule has 4 rings (SSSR count). The van der Waals surface area contributed by atoms with E-state index in [-0.39, 0.29) is 28.8 Å². The van der Waals surface area contributed by atoms with Crippen LogP contribution in [-0.4, -0.2) is 43.9 Å². The van der Waals surface area contributed by atoms with Gasteiger partial charge in [0.05, 0.1) is 17.1 Å². The first-order valence-electron chi connectivity index (χ1n) is 10.6. The fraction of sp³-hybridized carbons (Fsp3) is 0.375. The number of morpholine rings is 1. The predicted molar refractivity (Wildman–Crippen MR) is 124 cm³/mol. The molecule has 2 heterocycles. The van der Waals surface area contributed by atoms with Crippen LogP contribution in [0.3, 0.4) is 0 Å². The number of rotatable bonds is 4. The van der Waals surface area contributed by atoms with Crippen LogP contribution in [0.4, 0.5) is 5.69 Å². The maximum absolute atomic E-state index is 13.0. The van der Waals surface area contributed by atoms with Gasteiger partial charge >= 0.3 is 0 Å². The van der Waals surface area contributed by atoms with E-state index < -0.39 is 10.0 Å². The smallest absolute Gasteiger partial charge is 0.291 e. The standard InChI is InChI=1S/C24H28N2O5S/c1-14-10-21-18(5)23(31-22(21)11-15(14)2)24(27)25-19-6-8-20(9-7-19)32(28,29)26-12-16(3)30-17(4)13-26/h6-11,16-17H,12-13H2,1-5H3,(H,25,27)/t16-,17-/m0/s1. The second-order valence-corrected chi connectivity index (χ2v) is 10.5. The van der Waals surface area contributed by atoms with Gasteiger partial charge in [-0.05, 0) is 82.1 Å². The van der Waals surface area contributed by atoms with E-state index >= 15 is 0 Å². The fourth-order valence-corrected chi connectivity index (χ4v) is 5.66. The highest BCUT2D eigenvalue weighted by Crippen LogP contribution is 2.29. The van der Waals surface area contributed by atoms with Crippen molar-refractivity contribution in [3.8, 4) is 0 Å². The zero-order valence-corrected chi connectivity index (χ0v) is 19.7. The van der Waals surface area contributed by atoms with Crippen LogP contribution in [0.25, 0.3) is 11.0 Å². The van der Waals surface area contributed by atoms with E-state index in [0.29, 0.717) is 24.4 Å². The van der Waals surface area contributed by atoms with Gasteiger partial charge in [-0.2, -0.15) is 4.31 Å². The van der Waals surface area contributed by atoms with Crippen molar-refractivity contribution in [2.24, 2.45) is 0 Å². The molecule has 0 radical (unpaired) electrons. The Bertz CT molecular complexity index is 1270. The van der Waals surface area contributed by atoms with E-state index in [2.05, 4.69) is 5.32 Å². The lowest BCUT2D eigenvalue weighted by Crippen LogP contribution is -2.48. The first-order chi connectivity index (χ1) is 15.1. The molecule has 0 saturated carbocycles. The van der Waals surface area contributed by atoms with Gasteiger partial charge in [0.2, 0.25) is 10.0 Å². The summed E-state index contributed by atoms with van der Waals surface area (Å²) in [5.41, 5.74) is 4.17. The first-order valence-corrected chi connectivity index (χ1v) is 12.1. The van der Waals surface area contributed by atoms with Gasteiger partial charge in [-0.25, -0.2) is 8.42 Å². The van der Waals surface area contributed by atoms with Gasteiger partial charge in [0.1, 0.15) is 5.58 Å². The number of amides is 1. The lowest BCUT2D eigenvalue weighted by molar-refractivity contribution is -0.0440. The summed E-state index contributed by atoms with van der Waals surface area (Å²) in [4.78, 5) is 13.0. The van der Waals surface area contributed by atoms with Crippen molar-refractivity contribution in [2.75, 3.05) is 18.4 Å². The Morgan fingerprint density at radius 3 is 2.22 bits per heavy atom. The minimum Gasteiger partial charge on any atom is -0.451 e. The summed E-state index contributed by atoms with van der Waals surface area (Å²) >= 11 is 0. The Balaban J connectivity index is 1.53. The zero-order chi connectivity index (χ0) is 23.2. The van der Waals surface area contributed by atoms with Crippen LogP contribution < -0.4 is 5.32 Å². The number of furan rings is 1. The van der Waals surface area contributed by atoms with Crippen LogP contribution in [0.2, 0.25) is 0 Å². The van der Waals surface area contributed by atoms with E-state index in [1.807, 2.05) is 46.8 Å². The van der Waals surface area contributed by atoms with Crippen LogP contribution in [-0.2, 0) is 14.8 Å². The molecule has 1 saturated heterocycles. The number of sulfonamides is 1. The maximum atomic E-state index is 13.0. The van der Waals surface area contributed by atoms with Crippen molar-refractivity contribution >= 4 is 32.6 Å². The summed E-state index contributed by atoms with van der Waals surface area (Å²) < 4.78 is 38.9. The number of fused-ring (bicyclic) bond motifs is 1.